The minimum atomic E-state index is -0.249. The Morgan fingerprint density at radius 1 is 1.03 bits per heavy atom. The van der Waals surface area contributed by atoms with E-state index < -0.39 is 0 Å². The van der Waals surface area contributed by atoms with E-state index >= 15 is 0 Å². The molecule has 0 spiro atoms. The van der Waals surface area contributed by atoms with Gasteiger partial charge < -0.3 is 10.6 Å². The number of nitrogens with one attached hydrogen (secondary N) is 2. The second kappa shape index (κ2) is 9.61. The van der Waals surface area contributed by atoms with Crippen LogP contribution in [0.4, 0.5) is 10.7 Å². The Morgan fingerprint density at radius 3 is 2.39 bits per heavy atom. The topological polar surface area (TPSA) is 58.2 Å². The van der Waals surface area contributed by atoms with Crippen LogP contribution in [0, 0.1) is 11.3 Å². The number of thiophene rings is 1. The van der Waals surface area contributed by atoms with E-state index in [1.54, 1.807) is 24.3 Å². The minimum Gasteiger partial charge on any atom is -0.321 e. The number of benzene rings is 2. The first-order valence-electron chi connectivity index (χ1n) is 10.9. The van der Waals surface area contributed by atoms with Crippen LogP contribution in [0.25, 0.3) is 0 Å². The molecule has 1 atom stereocenters. The van der Waals surface area contributed by atoms with Crippen molar-refractivity contribution in [2.75, 3.05) is 10.6 Å². The van der Waals surface area contributed by atoms with Crippen molar-refractivity contribution in [3.63, 3.8) is 0 Å². The van der Waals surface area contributed by atoms with Gasteiger partial charge in [-0.15, -0.1) is 11.3 Å². The molecule has 7 heteroatoms. The van der Waals surface area contributed by atoms with Crippen molar-refractivity contribution in [2.24, 2.45) is 11.3 Å². The highest BCUT2D eigenvalue weighted by Crippen LogP contribution is 2.44. The molecule has 1 aliphatic rings. The fourth-order valence-electron chi connectivity index (χ4n) is 4.18. The van der Waals surface area contributed by atoms with Crippen molar-refractivity contribution in [1.29, 1.82) is 0 Å². The molecule has 0 saturated heterocycles. The van der Waals surface area contributed by atoms with Gasteiger partial charge in [-0.1, -0.05) is 60.4 Å². The van der Waals surface area contributed by atoms with Crippen molar-refractivity contribution in [3.05, 3.63) is 79.6 Å². The molecule has 3 aromatic rings. The summed E-state index contributed by atoms with van der Waals surface area (Å²) in [7, 11) is 0. The number of hydrogen-bond donors (Lipinski definition) is 2. The van der Waals surface area contributed by atoms with Crippen LogP contribution in [0.1, 0.15) is 58.3 Å². The molecule has 0 bridgehead atoms. The normalized spacial score (nSPS) is 15.6. The zero-order chi connectivity index (χ0) is 23.8. The SMILES string of the molecule is CC(C)(C)C1CCc2c(sc(NC(=O)c3ccc(Br)cc3)c2C(=O)Nc2ccccc2Cl)C1. The van der Waals surface area contributed by atoms with E-state index in [4.69, 9.17) is 11.6 Å². The highest BCUT2D eigenvalue weighted by Gasteiger charge is 2.34. The lowest BCUT2D eigenvalue weighted by Gasteiger charge is -2.33. The van der Waals surface area contributed by atoms with Gasteiger partial charge in [0.05, 0.1) is 16.3 Å². The van der Waals surface area contributed by atoms with E-state index in [2.05, 4.69) is 47.3 Å². The third-order valence-electron chi connectivity index (χ3n) is 6.17. The molecule has 2 aromatic carbocycles. The monoisotopic (exact) mass is 544 g/mol. The Hall–Kier alpha value is -2.15. The van der Waals surface area contributed by atoms with Gasteiger partial charge >= 0.3 is 0 Å². The average Bonchev–Trinajstić information content (AvgIpc) is 3.12. The number of amides is 2. The summed E-state index contributed by atoms with van der Waals surface area (Å²) in [5.41, 5.74) is 2.86. The molecular weight excluding hydrogens is 520 g/mol. The maximum atomic E-state index is 13.4. The molecule has 0 fully saturated rings. The molecular formula is C26H26BrClN2O2S. The van der Waals surface area contributed by atoms with Gasteiger partial charge in [0.25, 0.3) is 11.8 Å². The van der Waals surface area contributed by atoms with Gasteiger partial charge in [-0.25, -0.2) is 0 Å². The number of halogens is 2. The fraction of sp³-hybridized carbons (Fsp3) is 0.308. The summed E-state index contributed by atoms with van der Waals surface area (Å²) in [6.07, 6.45) is 2.73. The third-order valence-corrected chi connectivity index (χ3v) is 8.20. The first kappa shape index (κ1) is 24.0. The van der Waals surface area contributed by atoms with Crippen LogP contribution in [0.15, 0.2) is 53.0 Å². The lowest BCUT2D eigenvalue weighted by molar-refractivity contribution is 0.102. The predicted molar refractivity (Wildman–Crippen MR) is 141 cm³/mol. The van der Waals surface area contributed by atoms with Gasteiger partial charge in [0.1, 0.15) is 5.00 Å². The minimum absolute atomic E-state index is 0.183. The predicted octanol–water partition coefficient (Wildman–Crippen LogP) is 7.82. The molecule has 4 rings (SSSR count). The number of anilines is 2. The number of rotatable bonds is 4. The molecule has 0 saturated carbocycles. The van der Waals surface area contributed by atoms with Gasteiger partial charge in [0.2, 0.25) is 0 Å². The second-order valence-electron chi connectivity index (χ2n) is 9.41. The maximum Gasteiger partial charge on any atom is 0.258 e. The first-order chi connectivity index (χ1) is 15.6. The smallest absolute Gasteiger partial charge is 0.258 e. The van der Waals surface area contributed by atoms with Crippen molar-refractivity contribution < 1.29 is 9.59 Å². The molecule has 1 aliphatic carbocycles. The number of carbonyl (C=O) groups is 2. The third kappa shape index (κ3) is 5.34. The number of fused-ring (bicyclic) bond motifs is 1. The van der Waals surface area contributed by atoms with Crippen LogP contribution in [0.2, 0.25) is 5.02 Å². The average molecular weight is 546 g/mol. The molecule has 2 amide bonds. The number of carbonyl (C=O) groups excluding carboxylic acids is 2. The summed E-state index contributed by atoms with van der Waals surface area (Å²) in [6, 6.07) is 14.3. The first-order valence-corrected chi connectivity index (χ1v) is 12.9. The van der Waals surface area contributed by atoms with Gasteiger partial charge in [-0.2, -0.15) is 0 Å². The molecule has 33 heavy (non-hydrogen) atoms. The molecule has 1 unspecified atom stereocenters. The summed E-state index contributed by atoms with van der Waals surface area (Å²) < 4.78 is 0.902. The van der Waals surface area contributed by atoms with E-state index in [9.17, 15) is 9.59 Å². The van der Waals surface area contributed by atoms with Gasteiger partial charge in [0.15, 0.2) is 0 Å². The van der Waals surface area contributed by atoms with Gasteiger partial charge in [-0.3, -0.25) is 9.59 Å². The molecule has 1 aromatic heterocycles. The van der Waals surface area contributed by atoms with Crippen molar-refractivity contribution >= 4 is 61.4 Å². The molecule has 0 radical (unpaired) electrons. The zero-order valence-electron chi connectivity index (χ0n) is 18.8. The van der Waals surface area contributed by atoms with Crippen molar-refractivity contribution in [3.8, 4) is 0 Å². The molecule has 172 valence electrons. The number of hydrogen-bond acceptors (Lipinski definition) is 3. The van der Waals surface area contributed by atoms with Gasteiger partial charge in [-0.05, 0) is 72.6 Å². The van der Waals surface area contributed by atoms with Crippen LogP contribution >= 0.6 is 38.9 Å². The summed E-state index contributed by atoms with van der Waals surface area (Å²) in [6.45, 7) is 6.78. The Kier molecular flexibility index (Phi) is 6.99. The molecule has 2 N–H and O–H groups in total. The maximum absolute atomic E-state index is 13.4. The van der Waals surface area contributed by atoms with Crippen molar-refractivity contribution in [2.45, 2.75) is 40.0 Å². The van der Waals surface area contributed by atoms with Crippen LogP contribution in [-0.4, -0.2) is 11.8 Å². The van der Waals surface area contributed by atoms with E-state index in [1.807, 2.05) is 24.3 Å². The quantitative estimate of drug-likeness (QED) is 0.351. The lowest BCUT2D eigenvalue weighted by atomic mass is 9.72. The highest BCUT2D eigenvalue weighted by atomic mass is 79.9. The fourth-order valence-corrected chi connectivity index (χ4v) is 5.94. The van der Waals surface area contributed by atoms with E-state index in [-0.39, 0.29) is 17.2 Å². The summed E-state index contributed by atoms with van der Waals surface area (Å²) in [5.74, 6) is 0.0410. The Balaban J connectivity index is 1.69. The molecule has 0 aliphatic heterocycles. The summed E-state index contributed by atoms with van der Waals surface area (Å²) in [5, 5.41) is 7.02. The van der Waals surface area contributed by atoms with Crippen molar-refractivity contribution in [1.82, 2.24) is 0 Å². The molecule has 4 nitrogen and oxygen atoms in total. The standard InChI is InChI=1S/C26H26BrClN2O2S/c1-26(2,3)16-10-13-18-21(14-16)33-25(30-23(31)15-8-11-17(27)12-9-15)22(18)24(32)29-20-7-5-4-6-19(20)28/h4-9,11-12,16H,10,13-14H2,1-3H3,(H,29,32)(H,30,31). The highest BCUT2D eigenvalue weighted by molar-refractivity contribution is 9.10. The summed E-state index contributed by atoms with van der Waals surface area (Å²) in [4.78, 5) is 27.6. The zero-order valence-corrected chi connectivity index (χ0v) is 22.0. The van der Waals surface area contributed by atoms with E-state index in [0.29, 0.717) is 32.8 Å². The van der Waals surface area contributed by atoms with Crippen LogP contribution in [0.3, 0.4) is 0 Å². The van der Waals surface area contributed by atoms with E-state index in [0.717, 1.165) is 29.3 Å². The van der Waals surface area contributed by atoms with E-state index in [1.165, 1.54) is 16.2 Å². The Morgan fingerprint density at radius 2 is 1.73 bits per heavy atom. The Labute approximate surface area is 211 Å². The lowest BCUT2D eigenvalue weighted by Crippen LogP contribution is -2.27. The largest absolute Gasteiger partial charge is 0.321 e. The molecule has 1 heterocycles. The van der Waals surface area contributed by atoms with Gasteiger partial charge in [0, 0.05) is 14.9 Å². The summed E-state index contributed by atoms with van der Waals surface area (Å²) >= 11 is 11.2. The number of para-hydroxylation sites is 1. The second-order valence-corrected chi connectivity index (χ2v) is 11.8. The van der Waals surface area contributed by atoms with Crippen LogP contribution in [0.5, 0.6) is 0 Å². The van der Waals surface area contributed by atoms with Crippen LogP contribution < -0.4 is 10.6 Å². The Bertz CT molecular complexity index is 1200. The van der Waals surface area contributed by atoms with Crippen LogP contribution in [-0.2, 0) is 12.8 Å².